The smallest absolute Gasteiger partial charge is 0.106 e. The van der Waals surface area contributed by atoms with E-state index in [0.29, 0.717) is 0 Å². The van der Waals surface area contributed by atoms with Crippen LogP contribution in [0.25, 0.3) is 0 Å². The zero-order valence-corrected chi connectivity index (χ0v) is 10.6. The summed E-state index contributed by atoms with van der Waals surface area (Å²) in [5, 5.41) is 7.72. The van der Waals surface area contributed by atoms with Crippen LogP contribution in [0.4, 0.5) is 0 Å². The number of hydrogen-bond acceptors (Lipinski definition) is 3. The van der Waals surface area contributed by atoms with Crippen molar-refractivity contribution in [2.75, 3.05) is 6.54 Å². The lowest BCUT2D eigenvalue weighted by atomic mass is 10.4. The molecule has 0 aliphatic carbocycles. The van der Waals surface area contributed by atoms with Crippen molar-refractivity contribution < 1.29 is 0 Å². The molecule has 0 atom stereocenters. The normalized spacial score (nSPS) is 11.0. The number of nitrogens with zero attached hydrogens (tertiary/aromatic N) is 4. The van der Waals surface area contributed by atoms with Crippen molar-refractivity contribution >= 4 is 0 Å². The van der Waals surface area contributed by atoms with Gasteiger partial charge in [-0.05, 0) is 19.5 Å². The van der Waals surface area contributed by atoms with Crippen LogP contribution in [0.3, 0.4) is 0 Å². The predicted octanol–water partition coefficient (Wildman–Crippen LogP) is 1.08. The Bertz CT molecular complexity index is 483. The zero-order chi connectivity index (χ0) is 12.3. The molecular formula is C12H19N5. The van der Waals surface area contributed by atoms with E-state index in [9.17, 15) is 0 Å². The van der Waals surface area contributed by atoms with Crippen molar-refractivity contribution in [3.05, 3.63) is 35.7 Å². The molecule has 5 heteroatoms. The molecule has 0 aliphatic heterocycles. The van der Waals surface area contributed by atoms with Crippen molar-refractivity contribution in [2.24, 2.45) is 7.05 Å². The average molecular weight is 233 g/mol. The molecule has 0 aliphatic rings. The minimum atomic E-state index is 0.785. The molecule has 0 spiro atoms. The summed E-state index contributed by atoms with van der Waals surface area (Å²) < 4.78 is 4.02. The maximum Gasteiger partial charge on any atom is 0.106 e. The summed E-state index contributed by atoms with van der Waals surface area (Å²) in [4.78, 5) is 4.36. The minimum Gasteiger partial charge on any atom is -0.325 e. The molecule has 1 N–H and O–H groups in total. The summed E-state index contributed by atoms with van der Waals surface area (Å²) in [5.41, 5.74) is 2.27. The fourth-order valence-corrected chi connectivity index (χ4v) is 1.83. The van der Waals surface area contributed by atoms with E-state index in [1.807, 2.05) is 37.1 Å². The Labute approximate surface area is 101 Å². The molecule has 0 aromatic carbocycles. The van der Waals surface area contributed by atoms with E-state index in [-0.39, 0.29) is 0 Å². The largest absolute Gasteiger partial charge is 0.325 e. The highest BCUT2D eigenvalue weighted by atomic mass is 15.3. The third-order valence-electron chi connectivity index (χ3n) is 2.78. The van der Waals surface area contributed by atoms with Gasteiger partial charge in [0.2, 0.25) is 0 Å². The van der Waals surface area contributed by atoms with Crippen molar-refractivity contribution in [2.45, 2.75) is 26.9 Å². The molecule has 2 aromatic rings. The molecule has 2 heterocycles. The van der Waals surface area contributed by atoms with E-state index >= 15 is 0 Å². The quantitative estimate of drug-likeness (QED) is 0.840. The highest BCUT2D eigenvalue weighted by molar-refractivity contribution is 5.09. The number of nitrogens with one attached hydrogen (secondary N) is 1. The van der Waals surface area contributed by atoms with Gasteiger partial charge in [-0.1, -0.05) is 6.92 Å². The molecule has 92 valence electrons. The lowest BCUT2D eigenvalue weighted by Gasteiger charge is -2.08. The van der Waals surface area contributed by atoms with Gasteiger partial charge in [-0.15, -0.1) is 0 Å². The summed E-state index contributed by atoms with van der Waals surface area (Å²) in [6.45, 7) is 6.73. The van der Waals surface area contributed by atoms with Gasteiger partial charge in [-0.3, -0.25) is 4.68 Å². The number of aryl methyl sites for hydroxylation is 2. The molecule has 0 saturated carbocycles. The third-order valence-corrected chi connectivity index (χ3v) is 2.78. The van der Waals surface area contributed by atoms with Crippen molar-refractivity contribution in [3.63, 3.8) is 0 Å². The third kappa shape index (κ3) is 2.74. The molecule has 0 saturated heterocycles. The van der Waals surface area contributed by atoms with Gasteiger partial charge in [-0.2, -0.15) is 5.10 Å². The van der Waals surface area contributed by atoms with Crippen LogP contribution in [0, 0.1) is 6.92 Å². The van der Waals surface area contributed by atoms with Gasteiger partial charge >= 0.3 is 0 Å². The van der Waals surface area contributed by atoms with Gasteiger partial charge in [0.25, 0.3) is 0 Å². The first-order chi connectivity index (χ1) is 8.20. The van der Waals surface area contributed by atoms with Crippen LogP contribution in [-0.4, -0.2) is 25.9 Å². The van der Waals surface area contributed by atoms with Crippen molar-refractivity contribution in [3.8, 4) is 0 Å². The molecule has 0 radical (unpaired) electrons. The van der Waals surface area contributed by atoms with Gasteiger partial charge in [0, 0.05) is 26.0 Å². The van der Waals surface area contributed by atoms with Crippen LogP contribution in [-0.2, 0) is 20.1 Å². The summed E-state index contributed by atoms with van der Waals surface area (Å²) in [6, 6.07) is 2.04. The van der Waals surface area contributed by atoms with E-state index < -0.39 is 0 Å². The predicted molar refractivity (Wildman–Crippen MR) is 66.7 cm³/mol. The van der Waals surface area contributed by atoms with E-state index in [2.05, 4.69) is 26.9 Å². The lowest BCUT2D eigenvalue weighted by Crippen LogP contribution is -2.16. The first-order valence-electron chi connectivity index (χ1n) is 5.91. The van der Waals surface area contributed by atoms with Gasteiger partial charge < -0.3 is 9.88 Å². The summed E-state index contributed by atoms with van der Waals surface area (Å²) in [6.07, 6.45) is 3.90. The Morgan fingerprint density at radius 3 is 2.88 bits per heavy atom. The molecule has 0 bridgehead atoms. The lowest BCUT2D eigenvalue weighted by molar-refractivity contribution is 0.631. The molecule has 0 amide bonds. The number of aromatic nitrogens is 4. The molecule has 0 fully saturated rings. The zero-order valence-electron chi connectivity index (χ0n) is 10.6. The second kappa shape index (κ2) is 5.14. The van der Waals surface area contributed by atoms with E-state index in [1.165, 1.54) is 5.69 Å². The number of rotatable bonds is 5. The molecule has 2 aromatic heterocycles. The Morgan fingerprint density at radius 2 is 2.24 bits per heavy atom. The van der Waals surface area contributed by atoms with Crippen LogP contribution in [0.5, 0.6) is 0 Å². The van der Waals surface area contributed by atoms with Crippen LogP contribution >= 0.6 is 0 Å². The highest BCUT2D eigenvalue weighted by Gasteiger charge is 2.07. The number of hydrogen-bond donors (Lipinski definition) is 1. The minimum absolute atomic E-state index is 0.785. The first-order valence-corrected chi connectivity index (χ1v) is 5.91. The Balaban J connectivity index is 2.16. The summed E-state index contributed by atoms with van der Waals surface area (Å²) >= 11 is 0. The Hall–Kier alpha value is -1.62. The van der Waals surface area contributed by atoms with E-state index in [4.69, 9.17) is 0 Å². The van der Waals surface area contributed by atoms with Crippen LogP contribution in [0.1, 0.15) is 24.1 Å². The second-order valence-corrected chi connectivity index (χ2v) is 4.14. The fourth-order valence-electron chi connectivity index (χ4n) is 1.83. The topological polar surface area (TPSA) is 47.7 Å². The summed E-state index contributed by atoms with van der Waals surface area (Å²) in [5.74, 6) is 1.03. The SMILES string of the molecule is CCNCc1cnc(C)n1Cc1ccn(C)n1. The number of imidazole rings is 1. The van der Waals surface area contributed by atoms with Gasteiger partial charge in [-0.25, -0.2) is 4.98 Å². The summed E-state index contributed by atoms with van der Waals surface area (Å²) in [7, 11) is 1.93. The monoisotopic (exact) mass is 233 g/mol. The molecular weight excluding hydrogens is 214 g/mol. The average Bonchev–Trinajstić information content (AvgIpc) is 2.86. The van der Waals surface area contributed by atoms with E-state index in [0.717, 1.165) is 31.2 Å². The highest BCUT2D eigenvalue weighted by Crippen LogP contribution is 2.08. The molecule has 17 heavy (non-hydrogen) atoms. The molecule has 2 rings (SSSR count). The Kier molecular flexibility index (Phi) is 3.58. The second-order valence-electron chi connectivity index (χ2n) is 4.14. The van der Waals surface area contributed by atoms with Gasteiger partial charge in [0.05, 0.1) is 17.9 Å². The van der Waals surface area contributed by atoms with E-state index in [1.54, 1.807) is 0 Å². The first kappa shape index (κ1) is 11.9. The fraction of sp³-hybridized carbons (Fsp3) is 0.500. The van der Waals surface area contributed by atoms with Crippen LogP contribution < -0.4 is 5.32 Å². The Morgan fingerprint density at radius 1 is 1.41 bits per heavy atom. The van der Waals surface area contributed by atoms with Crippen molar-refractivity contribution in [1.29, 1.82) is 0 Å². The molecule has 0 unspecified atom stereocenters. The van der Waals surface area contributed by atoms with Crippen LogP contribution in [0.15, 0.2) is 18.5 Å². The van der Waals surface area contributed by atoms with Crippen LogP contribution in [0.2, 0.25) is 0 Å². The maximum absolute atomic E-state index is 4.40. The van der Waals surface area contributed by atoms with Gasteiger partial charge in [0.15, 0.2) is 0 Å². The molecule has 5 nitrogen and oxygen atoms in total. The van der Waals surface area contributed by atoms with Crippen molar-refractivity contribution in [1.82, 2.24) is 24.6 Å². The van der Waals surface area contributed by atoms with Gasteiger partial charge in [0.1, 0.15) is 5.82 Å². The standard InChI is InChI=1S/C12H19N5/c1-4-13-7-12-8-14-10(2)17(12)9-11-5-6-16(3)15-11/h5-6,8,13H,4,7,9H2,1-3H3. The maximum atomic E-state index is 4.40.